The van der Waals surface area contributed by atoms with Crippen molar-refractivity contribution in [2.24, 2.45) is 0 Å². The summed E-state index contributed by atoms with van der Waals surface area (Å²) in [5.74, 6) is 0. The summed E-state index contributed by atoms with van der Waals surface area (Å²) in [6, 6.07) is -0.0337. The van der Waals surface area contributed by atoms with Gasteiger partial charge in [-0.25, -0.2) is 4.79 Å². The van der Waals surface area contributed by atoms with Crippen LogP contribution < -0.4 is 5.32 Å². The molecule has 1 amide bonds. The molecule has 1 fully saturated rings. The lowest BCUT2D eigenvalue weighted by Crippen LogP contribution is -2.50. The van der Waals surface area contributed by atoms with Gasteiger partial charge in [0.05, 0.1) is 12.6 Å². The van der Waals surface area contributed by atoms with Crippen molar-refractivity contribution < 1.29 is 19.0 Å². The normalized spacial score (nSPS) is 26.2. The van der Waals surface area contributed by atoms with Crippen LogP contribution in [0.2, 0.25) is 0 Å². The number of rotatable bonds is 2. The fraction of sp³-hybridized carbons (Fsp3) is 0.909. The third-order valence-electron chi connectivity index (χ3n) is 2.31. The minimum Gasteiger partial charge on any atom is -0.444 e. The molecule has 0 aliphatic carbocycles. The molecule has 1 rings (SSSR count). The molecular weight excluding hydrogens is 210 g/mol. The molecule has 1 aliphatic rings. The Morgan fingerprint density at radius 1 is 1.44 bits per heavy atom. The largest absolute Gasteiger partial charge is 0.444 e. The quantitative estimate of drug-likeness (QED) is 0.778. The van der Waals surface area contributed by atoms with Gasteiger partial charge in [-0.05, 0) is 27.2 Å². The summed E-state index contributed by atoms with van der Waals surface area (Å²) in [6.07, 6.45) is 0.250. The number of hydrogen-bond acceptors (Lipinski definition) is 4. The number of carbonyl (C=O) groups is 1. The van der Waals surface area contributed by atoms with Crippen molar-refractivity contribution >= 4 is 6.09 Å². The monoisotopic (exact) mass is 231 g/mol. The molecule has 16 heavy (non-hydrogen) atoms. The highest BCUT2D eigenvalue weighted by Gasteiger charge is 2.28. The Morgan fingerprint density at radius 3 is 2.69 bits per heavy atom. The molecular formula is C11H21NO4. The Labute approximate surface area is 96.4 Å². The molecule has 0 radical (unpaired) electrons. The minimum atomic E-state index is -0.474. The van der Waals surface area contributed by atoms with Gasteiger partial charge in [0, 0.05) is 13.7 Å². The van der Waals surface area contributed by atoms with E-state index in [1.54, 1.807) is 7.11 Å². The van der Waals surface area contributed by atoms with Crippen molar-refractivity contribution in [3.8, 4) is 0 Å². The average Bonchev–Trinajstić information content (AvgIpc) is 2.15. The zero-order valence-corrected chi connectivity index (χ0v) is 10.4. The molecule has 1 heterocycles. The molecule has 0 spiro atoms. The lowest BCUT2D eigenvalue weighted by Gasteiger charge is -2.31. The first kappa shape index (κ1) is 13.3. The van der Waals surface area contributed by atoms with E-state index in [4.69, 9.17) is 14.2 Å². The zero-order valence-electron chi connectivity index (χ0n) is 10.4. The molecule has 0 bridgehead atoms. The highest BCUT2D eigenvalue weighted by Crippen LogP contribution is 2.12. The predicted molar refractivity (Wildman–Crippen MR) is 59.4 cm³/mol. The second-order valence-electron chi connectivity index (χ2n) is 4.89. The molecule has 1 saturated heterocycles. The molecule has 0 aromatic heterocycles. The van der Waals surface area contributed by atoms with Crippen molar-refractivity contribution in [2.75, 3.05) is 20.3 Å². The van der Waals surface area contributed by atoms with Crippen LogP contribution in [-0.4, -0.2) is 44.2 Å². The van der Waals surface area contributed by atoms with Crippen molar-refractivity contribution in [1.82, 2.24) is 5.32 Å². The average molecular weight is 231 g/mol. The zero-order chi connectivity index (χ0) is 12.2. The Kier molecular flexibility index (Phi) is 4.56. The highest BCUT2D eigenvalue weighted by molar-refractivity contribution is 5.68. The van der Waals surface area contributed by atoms with Crippen LogP contribution in [0.1, 0.15) is 27.2 Å². The maximum atomic E-state index is 11.6. The molecule has 94 valence electrons. The molecule has 5 heteroatoms. The van der Waals surface area contributed by atoms with E-state index in [1.807, 2.05) is 20.8 Å². The van der Waals surface area contributed by atoms with Gasteiger partial charge in [0.2, 0.25) is 0 Å². The van der Waals surface area contributed by atoms with Crippen LogP contribution in [0.4, 0.5) is 4.79 Å². The third-order valence-corrected chi connectivity index (χ3v) is 2.31. The number of nitrogens with one attached hydrogen (secondary N) is 1. The van der Waals surface area contributed by atoms with Gasteiger partial charge >= 0.3 is 6.09 Å². The third kappa shape index (κ3) is 4.37. The van der Waals surface area contributed by atoms with E-state index in [0.717, 1.165) is 6.42 Å². The first-order chi connectivity index (χ1) is 7.42. The minimum absolute atomic E-state index is 0.0337. The number of ether oxygens (including phenoxy) is 3. The first-order valence-corrected chi connectivity index (χ1v) is 5.52. The summed E-state index contributed by atoms with van der Waals surface area (Å²) >= 11 is 0. The fourth-order valence-corrected chi connectivity index (χ4v) is 1.57. The van der Waals surface area contributed by atoms with Crippen LogP contribution >= 0.6 is 0 Å². The molecule has 0 saturated carbocycles. The number of carbonyl (C=O) groups excluding carboxylic acids is 1. The molecule has 0 aromatic carbocycles. The predicted octanol–water partition coefficient (Wildman–Crippen LogP) is 1.31. The van der Waals surface area contributed by atoms with Gasteiger partial charge in [-0.15, -0.1) is 0 Å². The maximum Gasteiger partial charge on any atom is 0.407 e. The van der Waals surface area contributed by atoms with Crippen LogP contribution in [0, 0.1) is 0 Å². The Morgan fingerprint density at radius 2 is 2.12 bits per heavy atom. The SMILES string of the molecule is COC1COCCC1NC(=O)OC(C)(C)C. The lowest BCUT2D eigenvalue weighted by molar-refractivity contribution is -0.0513. The number of alkyl carbamates (subject to hydrolysis) is 1. The van der Waals surface area contributed by atoms with Gasteiger partial charge in [0.15, 0.2) is 0 Å². The summed E-state index contributed by atoms with van der Waals surface area (Å²) in [6.45, 7) is 6.66. The van der Waals surface area contributed by atoms with Crippen LogP contribution in [-0.2, 0) is 14.2 Å². The summed E-state index contributed by atoms with van der Waals surface area (Å²) in [7, 11) is 1.61. The Bertz CT molecular complexity index is 237. The van der Waals surface area contributed by atoms with E-state index in [1.165, 1.54) is 0 Å². The number of hydrogen-bond donors (Lipinski definition) is 1. The standard InChI is InChI=1S/C11H21NO4/c1-11(2,3)16-10(13)12-8-5-6-15-7-9(8)14-4/h8-9H,5-7H2,1-4H3,(H,12,13). The summed E-state index contributed by atoms with van der Waals surface area (Å²) < 4.78 is 15.7. The molecule has 5 nitrogen and oxygen atoms in total. The summed E-state index contributed by atoms with van der Waals surface area (Å²) in [5.41, 5.74) is -0.474. The number of amides is 1. The van der Waals surface area contributed by atoms with E-state index in [2.05, 4.69) is 5.32 Å². The van der Waals surface area contributed by atoms with E-state index >= 15 is 0 Å². The lowest BCUT2D eigenvalue weighted by atomic mass is 10.1. The van der Waals surface area contributed by atoms with E-state index in [9.17, 15) is 4.79 Å². The molecule has 1 N–H and O–H groups in total. The van der Waals surface area contributed by atoms with Crippen molar-refractivity contribution in [2.45, 2.75) is 44.9 Å². The molecule has 1 aliphatic heterocycles. The second kappa shape index (κ2) is 5.50. The molecule has 2 unspecified atom stereocenters. The van der Waals surface area contributed by atoms with E-state index in [0.29, 0.717) is 13.2 Å². The van der Waals surface area contributed by atoms with Gasteiger partial charge in [-0.2, -0.15) is 0 Å². The van der Waals surface area contributed by atoms with Gasteiger partial charge < -0.3 is 19.5 Å². The van der Waals surface area contributed by atoms with E-state index in [-0.39, 0.29) is 12.1 Å². The van der Waals surface area contributed by atoms with Crippen molar-refractivity contribution in [3.05, 3.63) is 0 Å². The number of methoxy groups -OCH3 is 1. The van der Waals surface area contributed by atoms with Gasteiger partial charge in [-0.1, -0.05) is 0 Å². The second-order valence-corrected chi connectivity index (χ2v) is 4.89. The smallest absolute Gasteiger partial charge is 0.407 e. The molecule has 2 atom stereocenters. The van der Waals surface area contributed by atoms with Gasteiger partial charge in [-0.3, -0.25) is 0 Å². The summed E-state index contributed by atoms with van der Waals surface area (Å²) in [5, 5.41) is 2.81. The van der Waals surface area contributed by atoms with Crippen LogP contribution in [0.25, 0.3) is 0 Å². The topological polar surface area (TPSA) is 56.8 Å². The van der Waals surface area contributed by atoms with Crippen LogP contribution in [0.5, 0.6) is 0 Å². The Balaban J connectivity index is 2.42. The first-order valence-electron chi connectivity index (χ1n) is 5.52. The van der Waals surface area contributed by atoms with Gasteiger partial charge in [0.25, 0.3) is 0 Å². The Hall–Kier alpha value is -0.810. The van der Waals surface area contributed by atoms with Crippen molar-refractivity contribution in [3.63, 3.8) is 0 Å². The van der Waals surface area contributed by atoms with Gasteiger partial charge in [0.1, 0.15) is 11.7 Å². The van der Waals surface area contributed by atoms with Crippen LogP contribution in [0.15, 0.2) is 0 Å². The van der Waals surface area contributed by atoms with E-state index < -0.39 is 11.7 Å². The highest BCUT2D eigenvalue weighted by atomic mass is 16.6. The fourth-order valence-electron chi connectivity index (χ4n) is 1.57. The molecule has 0 aromatic rings. The van der Waals surface area contributed by atoms with Crippen LogP contribution in [0.3, 0.4) is 0 Å². The van der Waals surface area contributed by atoms with Crippen molar-refractivity contribution in [1.29, 1.82) is 0 Å². The maximum absolute atomic E-state index is 11.6. The summed E-state index contributed by atoms with van der Waals surface area (Å²) in [4.78, 5) is 11.6.